The Balaban J connectivity index is 1.79. The van der Waals surface area contributed by atoms with Gasteiger partial charge in [-0.15, -0.1) is 0 Å². The van der Waals surface area contributed by atoms with E-state index in [-0.39, 0.29) is 11.2 Å². The summed E-state index contributed by atoms with van der Waals surface area (Å²) in [6, 6.07) is 13.7. The van der Waals surface area contributed by atoms with Crippen molar-refractivity contribution in [2.75, 3.05) is 6.26 Å². The fraction of sp³-hybridized carbons (Fsp3) is 0.273. The predicted molar refractivity (Wildman–Crippen MR) is 103 cm³/mol. The van der Waals surface area contributed by atoms with Crippen LogP contribution in [0.15, 0.2) is 65.6 Å². The molecule has 0 unspecified atom stereocenters. The van der Waals surface area contributed by atoms with E-state index >= 15 is 0 Å². The van der Waals surface area contributed by atoms with Gasteiger partial charge in [-0.05, 0) is 59.4 Å². The van der Waals surface area contributed by atoms with Crippen LogP contribution in [0.4, 0.5) is 4.39 Å². The van der Waals surface area contributed by atoms with Gasteiger partial charge in [-0.25, -0.2) is 12.8 Å². The molecule has 0 aliphatic heterocycles. The summed E-state index contributed by atoms with van der Waals surface area (Å²) in [6.07, 6.45) is 10.6. The highest BCUT2D eigenvalue weighted by Gasteiger charge is 2.35. The van der Waals surface area contributed by atoms with E-state index in [2.05, 4.69) is 12.2 Å². The first kappa shape index (κ1) is 17.2. The maximum atomic E-state index is 13.4. The van der Waals surface area contributed by atoms with Crippen LogP contribution in [-0.2, 0) is 9.84 Å². The third kappa shape index (κ3) is 3.14. The minimum atomic E-state index is -3.21. The number of sulfone groups is 1. The van der Waals surface area contributed by atoms with Gasteiger partial charge in [-0.2, -0.15) is 0 Å². The number of allylic oxidation sites excluding steroid dienone is 4. The van der Waals surface area contributed by atoms with Crippen molar-refractivity contribution in [1.29, 1.82) is 0 Å². The summed E-state index contributed by atoms with van der Waals surface area (Å²) in [5.41, 5.74) is 4.29. The lowest BCUT2D eigenvalue weighted by Gasteiger charge is -2.16. The quantitative estimate of drug-likeness (QED) is 0.739. The number of benzene rings is 2. The standard InChI is InChI=1S/C22H21FO2S/c1-26(24,25)19-10-6-17(7-11-19)21-15-22(12-2-3-13-22)14-20(21)16-4-8-18(23)9-5-16/h4-11,14-15H,2-3,12-13H2,1H3. The van der Waals surface area contributed by atoms with Crippen molar-refractivity contribution >= 4 is 21.0 Å². The second-order valence-corrected chi connectivity index (χ2v) is 9.38. The summed E-state index contributed by atoms with van der Waals surface area (Å²) in [7, 11) is -3.21. The second-order valence-electron chi connectivity index (χ2n) is 7.36. The number of rotatable bonds is 3. The molecule has 0 radical (unpaired) electrons. The first-order valence-corrected chi connectivity index (χ1v) is 10.8. The van der Waals surface area contributed by atoms with Crippen LogP contribution in [0.2, 0.25) is 0 Å². The van der Waals surface area contributed by atoms with E-state index in [1.165, 1.54) is 31.2 Å². The maximum Gasteiger partial charge on any atom is 0.175 e. The Kier molecular flexibility index (Phi) is 4.11. The molecule has 0 N–H and O–H groups in total. The summed E-state index contributed by atoms with van der Waals surface area (Å²) in [5.74, 6) is -0.244. The number of hydrogen-bond acceptors (Lipinski definition) is 2. The molecule has 0 amide bonds. The molecule has 2 aromatic rings. The highest BCUT2D eigenvalue weighted by Crippen LogP contribution is 2.51. The average Bonchev–Trinajstić information content (AvgIpc) is 3.22. The Hall–Kier alpha value is -2.20. The van der Waals surface area contributed by atoms with Crippen LogP contribution in [-0.4, -0.2) is 14.7 Å². The van der Waals surface area contributed by atoms with Crippen LogP contribution in [0.5, 0.6) is 0 Å². The van der Waals surface area contributed by atoms with E-state index < -0.39 is 9.84 Å². The minimum Gasteiger partial charge on any atom is -0.224 e. The van der Waals surface area contributed by atoms with Gasteiger partial charge in [0.25, 0.3) is 0 Å². The van der Waals surface area contributed by atoms with Crippen molar-refractivity contribution in [2.24, 2.45) is 5.41 Å². The van der Waals surface area contributed by atoms with E-state index in [0.717, 1.165) is 35.1 Å². The van der Waals surface area contributed by atoms with Crippen molar-refractivity contribution in [3.8, 4) is 0 Å². The van der Waals surface area contributed by atoms with Crippen LogP contribution in [0.1, 0.15) is 36.8 Å². The van der Waals surface area contributed by atoms with Crippen LogP contribution in [0, 0.1) is 11.2 Å². The zero-order valence-corrected chi connectivity index (χ0v) is 15.5. The summed E-state index contributed by atoms with van der Waals surface area (Å²) in [6.45, 7) is 0. The molecule has 2 aliphatic rings. The third-order valence-corrected chi connectivity index (χ3v) is 6.57. The Bertz CT molecular complexity index is 991. The second kappa shape index (κ2) is 6.20. The van der Waals surface area contributed by atoms with Gasteiger partial charge in [0.05, 0.1) is 4.90 Å². The molecule has 1 fully saturated rings. The largest absolute Gasteiger partial charge is 0.224 e. The summed E-state index contributed by atoms with van der Waals surface area (Å²) in [5, 5.41) is 0. The lowest BCUT2D eigenvalue weighted by atomic mass is 9.88. The fourth-order valence-electron chi connectivity index (χ4n) is 4.08. The van der Waals surface area contributed by atoms with Gasteiger partial charge in [0.2, 0.25) is 0 Å². The Morgan fingerprint density at radius 3 is 1.73 bits per heavy atom. The molecule has 4 rings (SSSR count). The third-order valence-electron chi connectivity index (χ3n) is 5.44. The van der Waals surface area contributed by atoms with Crippen molar-refractivity contribution in [3.63, 3.8) is 0 Å². The van der Waals surface area contributed by atoms with Gasteiger partial charge in [-0.1, -0.05) is 49.3 Å². The average molecular weight is 368 g/mol. The molecule has 26 heavy (non-hydrogen) atoms. The van der Waals surface area contributed by atoms with Crippen molar-refractivity contribution in [1.82, 2.24) is 0 Å². The normalized spacial score (nSPS) is 18.8. The molecule has 0 saturated heterocycles. The molecule has 0 bridgehead atoms. The van der Waals surface area contributed by atoms with E-state index in [1.807, 2.05) is 24.3 Å². The molecule has 0 heterocycles. The first-order chi connectivity index (χ1) is 12.4. The minimum absolute atomic E-state index is 0.0779. The highest BCUT2D eigenvalue weighted by atomic mass is 32.2. The lowest BCUT2D eigenvalue weighted by molar-refractivity contribution is 0.523. The molecule has 2 nitrogen and oxygen atoms in total. The van der Waals surface area contributed by atoms with Gasteiger partial charge in [-0.3, -0.25) is 0 Å². The van der Waals surface area contributed by atoms with Crippen LogP contribution < -0.4 is 0 Å². The molecule has 134 valence electrons. The lowest BCUT2D eigenvalue weighted by Crippen LogP contribution is -2.05. The van der Waals surface area contributed by atoms with Crippen molar-refractivity contribution in [3.05, 3.63) is 77.6 Å². The van der Waals surface area contributed by atoms with Gasteiger partial charge in [0.1, 0.15) is 5.82 Å². The zero-order chi connectivity index (χ0) is 18.4. The maximum absolute atomic E-state index is 13.4. The molecule has 0 atom stereocenters. The number of halogens is 1. The summed E-state index contributed by atoms with van der Waals surface area (Å²) in [4.78, 5) is 0.322. The van der Waals surface area contributed by atoms with E-state index in [4.69, 9.17) is 0 Å². The smallest absolute Gasteiger partial charge is 0.175 e. The van der Waals surface area contributed by atoms with Crippen LogP contribution in [0.25, 0.3) is 11.1 Å². The molecule has 0 aromatic heterocycles. The Morgan fingerprint density at radius 1 is 0.808 bits per heavy atom. The van der Waals surface area contributed by atoms with Gasteiger partial charge in [0, 0.05) is 11.7 Å². The molecule has 2 aliphatic carbocycles. The zero-order valence-electron chi connectivity index (χ0n) is 14.7. The SMILES string of the molecule is CS(=O)(=O)c1ccc(C2=CC3(C=C2c2ccc(F)cc2)CCCC3)cc1. The number of hydrogen-bond donors (Lipinski definition) is 0. The van der Waals surface area contributed by atoms with E-state index in [9.17, 15) is 12.8 Å². The van der Waals surface area contributed by atoms with Crippen LogP contribution in [0.3, 0.4) is 0 Å². The molecule has 1 spiro atoms. The molecular formula is C22H21FO2S. The first-order valence-electron chi connectivity index (χ1n) is 8.89. The topological polar surface area (TPSA) is 34.1 Å². The van der Waals surface area contributed by atoms with E-state index in [0.29, 0.717) is 4.90 Å². The van der Waals surface area contributed by atoms with E-state index in [1.54, 1.807) is 12.1 Å². The van der Waals surface area contributed by atoms with Crippen LogP contribution >= 0.6 is 0 Å². The predicted octanol–water partition coefficient (Wildman–Crippen LogP) is 5.27. The Labute approximate surface area is 154 Å². The van der Waals surface area contributed by atoms with Gasteiger partial charge < -0.3 is 0 Å². The Morgan fingerprint density at radius 2 is 1.27 bits per heavy atom. The highest BCUT2D eigenvalue weighted by molar-refractivity contribution is 7.90. The van der Waals surface area contributed by atoms with Crippen molar-refractivity contribution < 1.29 is 12.8 Å². The van der Waals surface area contributed by atoms with Gasteiger partial charge in [0.15, 0.2) is 9.84 Å². The molecule has 1 saturated carbocycles. The molecule has 4 heteroatoms. The monoisotopic (exact) mass is 368 g/mol. The molecule has 2 aromatic carbocycles. The van der Waals surface area contributed by atoms with Gasteiger partial charge >= 0.3 is 0 Å². The molecular weight excluding hydrogens is 347 g/mol. The summed E-state index contributed by atoms with van der Waals surface area (Å²) < 4.78 is 36.8. The summed E-state index contributed by atoms with van der Waals surface area (Å²) >= 11 is 0. The van der Waals surface area contributed by atoms with Crippen molar-refractivity contribution in [2.45, 2.75) is 30.6 Å². The fourth-order valence-corrected chi connectivity index (χ4v) is 4.71.